The molecule has 14 heavy (non-hydrogen) atoms. The Balaban J connectivity index is 2.76. The molecule has 0 saturated heterocycles. The minimum atomic E-state index is -0.225. The highest BCUT2D eigenvalue weighted by molar-refractivity contribution is 4.97. The monoisotopic (exact) mass is 199 g/mol. The van der Waals surface area contributed by atoms with Crippen LogP contribution in [0.25, 0.3) is 0 Å². The van der Waals surface area contributed by atoms with Gasteiger partial charge in [0.1, 0.15) is 6.61 Å². The lowest BCUT2D eigenvalue weighted by atomic mass is 9.87. The van der Waals surface area contributed by atoms with Crippen LogP contribution >= 0.6 is 0 Å². The van der Waals surface area contributed by atoms with E-state index in [1.54, 1.807) is 7.11 Å². The molecular formula is C9H17N3O2. The molecule has 2 N–H and O–H groups in total. The van der Waals surface area contributed by atoms with Crippen molar-refractivity contribution in [1.82, 2.24) is 10.1 Å². The highest BCUT2D eigenvalue weighted by Crippen LogP contribution is 2.28. The van der Waals surface area contributed by atoms with Crippen LogP contribution in [0.1, 0.15) is 38.5 Å². The van der Waals surface area contributed by atoms with Crippen molar-refractivity contribution in [3.8, 4) is 0 Å². The SMILES string of the molecule is COCc1nc([C@@H](N)C(C)(C)C)no1. The molecule has 5 nitrogen and oxygen atoms in total. The van der Waals surface area contributed by atoms with Gasteiger partial charge in [-0.2, -0.15) is 4.98 Å². The number of rotatable bonds is 3. The van der Waals surface area contributed by atoms with Gasteiger partial charge in [-0.15, -0.1) is 0 Å². The minimum Gasteiger partial charge on any atom is -0.375 e. The summed E-state index contributed by atoms with van der Waals surface area (Å²) in [6, 6.07) is -0.225. The molecule has 0 aliphatic carbocycles. The summed E-state index contributed by atoms with van der Waals surface area (Å²) in [6.07, 6.45) is 0. The van der Waals surface area contributed by atoms with E-state index >= 15 is 0 Å². The maximum atomic E-state index is 5.96. The largest absolute Gasteiger partial charge is 0.375 e. The quantitative estimate of drug-likeness (QED) is 0.793. The first-order valence-corrected chi connectivity index (χ1v) is 4.52. The molecular weight excluding hydrogens is 182 g/mol. The molecule has 0 amide bonds. The Kier molecular flexibility index (Phi) is 3.23. The van der Waals surface area contributed by atoms with Crippen LogP contribution in [0.4, 0.5) is 0 Å². The van der Waals surface area contributed by atoms with Gasteiger partial charge in [-0.25, -0.2) is 0 Å². The van der Waals surface area contributed by atoms with Crippen LogP contribution in [-0.4, -0.2) is 17.3 Å². The molecule has 0 unspecified atom stereocenters. The van der Waals surface area contributed by atoms with E-state index in [1.807, 2.05) is 20.8 Å². The van der Waals surface area contributed by atoms with Gasteiger partial charge in [-0.3, -0.25) is 0 Å². The van der Waals surface area contributed by atoms with Crippen molar-refractivity contribution in [3.63, 3.8) is 0 Å². The molecule has 0 bridgehead atoms. The average molecular weight is 199 g/mol. The molecule has 0 aromatic carbocycles. The van der Waals surface area contributed by atoms with Crippen LogP contribution in [-0.2, 0) is 11.3 Å². The molecule has 1 rings (SSSR count). The lowest BCUT2D eigenvalue weighted by Gasteiger charge is -2.23. The molecule has 0 spiro atoms. The van der Waals surface area contributed by atoms with E-state index in [9.17, 15) is 0 Å². The van der Waals surface area contributed by atoms with Crippen molar-refractivity contribution in [3.05, 3.63) is 11.7 Å². The van der Waals surface area contributed by atoms with E-state index in [1.165, 1.54) is 0 Å². The van der Waals surface area contributed by atoms with E-state index in [4.69, 9.17) is 15.0 Å². The average Bonchev–Trinajstić information content (AvgIpc) is 2.50. The molecule has 0 saturated carbocycles. The highest BCUT2D eigenvalue weighted by Gasteiger charge is 2.26. The molecule has 0 fully saturated rings. The Morgan fingerprint density at radius 3 is 2.64 bits per heavy atom. The van der Waals surface area contributed by atoms with Crippen LogP contribution in [0.15, 0.2) is 4.52 Å². The number of nitrogens with zero attached hydrogens (tertiary/aromatic N) is 2. The van der Waals surface area contributed by atoms with Gasteiger partial charge in [0.15, 0.2) is 5.82 Å². The second-order valence-electron chi connectivity index (χ2n) is 4.32. The Morgan fingerprint density at radius 1 is 1.50 bits per heavy atom. The molecule has 0 radical (unpaired) electrons. The van der Waals surface area contributed by atoms with Crippen molar-refractivity contribution in [2.75, 3.05) is 7.11 Å². The van der Waals surface area contributed by atoms with Gasteiger partial charge in [-0.05, 0) is 5.41 Å². The molecule has 5 heteroatoms. The first-order valence-electron chi connectivity index (χ1n) is 4.52. The van der Waals surface area contributed by atoms with E-state index in [0.717, 1.165) is 0 Å². The fourth-order valence-electron chi connectivity index (χ4n) is 0.964. The topological polar surface area (TPSA) is 74.2 Å². The molecule has 0 aliphatic rings. The van der Waals surface area contributed by atoms with Crippen molar-refractivity contribution in [2.24, 2.45) is 11.1 Å². The van der Waals surface area contributed by atoms with E-state index in [-0.39, 0.29) is 11.5 Å². The second kappa shape index (κ2) is 4.06. The zero-order valence-electron chi connectivity index (χ0n) is 9.07. The summed E-state index contributed by atoms with van der Waals surface area (Å²) < 4.78 is 9.82. The van der Waals surface area contributed by atoms with Crippen LogP contribution < -0.4 is 5.73 Å². The Bertz CT molecular complexity index is 290. The van der Waals surface area contributed by atoms with Gasteiger partial charge < -0.3 is 15.0 Å². The van der Waals surface area contributed by atoms with E-state index < -0.39 is 0 Å². The fourth-order valence-corrected chi connectivity index (χ4v) is 0.964. The predicted molar refractivity (Wildman–Crippen MR) is 51.4 cm³/mol. The van der Waals surface area contributed by atoms with Crippen molar-refractivity contribution < 1.29 is 9.26 Å². The number of hydrogen-bond acceptors (Lipinski definition) is 5. The summed E-state index contributed by atoms with van der Waals surface area (Å²) >= 11 is 0. The Labute approximate surface area is 83.6 Å². The van der Waals surface area contributed by atoms with Gasteiger partial charge in [0, 0.05) is 7.11 Å². The third kappa shape index (κ3) is 2.52. The van der Waals surface area contributed by atoms with Gasteiger partial charge >= 0.3 is 0 Å². The van der Waals surface area contributed by atoms with Gasteiger partial charge in [-0.1, -0.05) is 25.9 Å². The molecule has 1 aromatic heterocycles. The predicted octanol–water partition coefficient (Wildman–Crippen LogP) is 1.26. The molecule has 80 valence electrons. The number of methoxy groups -OCH3 is 1. The van der Waals surface area contributed by atoms with Crippen molar-refractivity contribution in [2.45, 2.75) is 33.4 Å². The van der Waals surface area contributed by atoms with Crippen LogP contribution in [0.5, 0.6) is 0 Å². The molecule has 0 aliphatic heterocycles. The first kappa shape index (κ1) is 11.1. The lowest BCUT2D eigenvalue weighted by molar-refractivity contribution is 0.151. The summed E-state index contributed by atoms with van der Waals surface area (Å²) in [5.41, 5.74) is 5.88. The van der Waals surface area contributed by atoms with Gasteiger partial charge in [0.25, 0.3) is 5.89 Å². The Hall–Kier alpha value is -0.940. The molecule has 1 heterocycles. The smallest absolute Gasteiger partial charge is 0.252 e. The Morgan fingerprint density at radius 2 is 2.14 bits per heavy atom. The third-order valence-electron chi connectivity index (χ3n) is 1.96. The zero-order chi connectivity index (χ0) is 10.8. The summed E-state index contributed by atoms with van der Waals surface area (Å²) in [7, 11) is 1.58. The van der Waals surface area contributed by atoms with Crippen LogP contribution in [0.3, 0.4) is 0 Å². The maximum Gasteiger partial charge on any atom is 0.252 e. The number of ether oxygens (including phenoxy) is 1. The standard InChI is InChI=1S/C9H17N3O2/c1-9(2,3)7(10)8-11-6(5-13-4)14-12-8/h7H,5,10H2,1-4H3/t7-/m1/s1. The summed E-state index contributed by atoms with van der Waals surface area (Å²) in [5.74, 6) is 0.992. The summed E-state index contributed by atoms with van der Waals surface area (Å²) in [6.45, 7) is 6.42. The molecule has 1 aromatic rings. The van der Waals surface area contributed by atoms with Crippen molar-refractivity contribution >= 4 is 0 Å². The molecule has 1 atom stereocenters. The summed E-state index contributed by atoms with van der Waals surface area (Å²) in [4.78, 5) is 4.14. The normalized spacial score (nSPS) is 14.4. The second-order valence-corrected chi connectivity index (χ2v) is 4.32. The lowest BCUT2D eigenvalue weighted by Crippen LogP contribution is -2.27. The highest BCUT2D eigenvalue weighted by atomic mass is 16.5. The van der Waals surface area contributed by atoms with Crippen LogP contribution in [0.2, 0.25) is 0 Å². The first-order chi connectivity index (χ1) is 6.45. The van der Waals surface area contributed by atoms with Gasteiger partial charge in [0.2, 0.25) is 0 Å². The van der Waals surface area contributed by atoms with E-state index in [0.29, 0.717) is 18.3 Å². The number of hydrogen-bond donors (Lipinski definition) is 1. The minimum absolute atomic E-state index is 0.0752. The fraction of sp³-hybridized carbons (Fsp3) is 0.778. The zero-order valence-corrected chi connectivity index (χ0v) is 9.07. The van der Waals surface area contributed by atoms with Crippen LogP contribution in [0, 0.1) is 5.41 Å². The van der Waals surface area contributed by atoms with Gasteiger partial charge in [0.05, 0.1) is 6.04 Å². The number of nitrogens with two attached hydrogens (primary N) is 1. The summed E-state index contributed by atoms with van der Waals surface area (Å²) in [5, 5.41) is 3.81. The number of aromatic nitrogens is 2. The van der Waals surface area contributed by atoms with E-state index in [2.05, 4.69) is 10.1 Å². The maximum absolute atomic E-state index is 5.96. The third-order valence-corrected chi connectivity index (χ3v) is 1.96. The van der Waals surface area contributed by atoms with Crippen molar-refractivity contribution in [1.29, 1.82) is 0 Å².